The van der Waals surface area contributed by atoms with Crippen molar-refractivity contribution in [2.75, 3.05) is 6.26 Å². The number of thiophene rings is 1. The molecule has 0 N–H and O–H groups in total. The molecule has 68 valence electrons. The number of ketones is 1. The molecule has 0 spiro atoms. The lowest BCUT2D eigenvalue weighted by Gasteiger charge is -1.96. The second-order valence-electron chi connectivity index (χ2n) is 2.59. The molecular weight excluding hydrogens is 202 g/mol. The van der Waals surface area contributed by atoms with E-state index in [1.807, 2.05) is 13.2 Å². The van der Waals surface area contributed by atoms with E-state index < -0.39 is 0 Å². The van der Waals surface area contributed by atoms with E-state index in [0.717, 1.165) is 9.77 Å². The predicted octanol–water partition coefficient (Wildman–Crippen LogP) is 2.85. The summed E-state index contributed by atoms with van der Waals surface area (Å²) in [7, 11) is 0. The van der Waals surface area contributed by atoms with E-state index in [2.05, 4.69) is 6.07 Å². The third kappa shape index (κ3) is 1.77. The Morgan fingerprint density at radius 2 is 2.23 bits per heavy atom. The monoisotopic (exact) mass is 211 g/mol. The van der Waals surface area contributed by atoms with Crippen LogP contribution in [0.15, 0.2) is 4.21 Å². The summed E-state index contributed by atoms with van der Waals surface area (Å²) < 4.78 is 0.946. The molecule has 1 rings (SSSR count). The lowest BCUT2D eigenvalue weighted by molar-refractivity contribution is 0.101. The average molecular weight is 211 g/mol. The molecule has 0 aliphatic rings. The van der Waals surface area contributed by atoms with Gasteiger partial charge in [0.2, 0.25) is 0 Å². The third-order valence-electron chi connectivity index (χ3n) is 1.75. The van der Waals surface area contributed by atoms with Gasteiger partial charge >= 0.3 is 0 Å². The fourth-order valence-corrected chi connectivity index (χ4v) is 3.11. The molecule has 1 aromatic rings. The average Bonchev–Trinajstić information content (AvgIpc) is 2.41. The fourth-order valence-electron chi connectivity index (χ4n) is 1.15. The Morgan fingerprint density at radius 3 is 2.54 bits per heavy atom. The van der Waals surface area contributed by atoms with Gasteiger partial charge in [-0.2, -0.15) is 5.26 Å². The van der Waals surface area contributed by atoms with Crippen molar-refractivity contribution < 1.29 is 4.79 Å². The van der Waals surface area contributed by atoms with E-state index in [1.54, 1.807) is 0 Å². The van der Waals surface area contributed by atoms with Crippen molar-refractivity contribution >= 4 is 28.9 Å². The number of rotatable bonds is 2. The van der Waals surface area contributed by atoms with Gasteiger partial charge in [0.05, 0.1) is 4.21 Å². The molecule has 0 fully saturated rings. The van der Waals surface area contributed by atoms with Crippen LogP contribution in [0.3, 0.4) is 0 Å². The highest BCUT2D eigenvalue weighted by molar-refractivity contribution is 8.00. The summed E-state index contributed by atoms with van der Waals surface area (Å²) in [6.07, 6.45) is 1.92. The molecule has 2 nitrogen and oxygen atoms in total. The van der Waals surface area contributed by atoms with E-state index in [0.29, 0.717) is 10.4 Å². The molecule has 4 heteroatoms. The number of carbonyl (C=O) groups excluding carboxylic acids is 1. The molecule has 0 radical (unpaired) electrons. The number of thioether (sulfide) groups is 1. The molecule has 1 aromatic heterocycles. The summed E-state index contributed by atoms with van der Waals surface area (Å²) in [6.45, 7) is 3.36. The van der Waals surface area contributed by atoms with Crippen LogP contribution >= 0.6 is 23.1 Å². The van der Waals surface area contributed by atoms with E-state index in [-0.39, 0.29) is 5.78 Å². The van der Waals surface area contributed by atoms with Crippen LogP contribution in [0, 0.1) is 18.3 Å². The Hall–Kier alpha value is -0.790. The third-order valence-corrected chi connectivity index (χ3v) is 4.07. The first-order valence-electron chi connectivity index (χ1n) is 3.70. The molecule has 0 aliphatic heterocycles. The van der Waals surface area contributed by atoms with Gasteiger partial charge in [-0.3, -0.25) is 4.79 Å². The van der Waals surface area contributed by atoms with Crippen molar-refractivity contribution in [2.24, 2.45) is 0 Å². The number of hydrogen-bond acceptors (Lipinski definition) is 4. The zero-order valence-electron chi connectivity index (χ0n) is 7.67. The van der Waals surface area contributed by atoms with Gasteiger partial charge in [0.25, 0.3) is 0 Å². The van der Waals surface area contributed by atoms with Crippen LogP contribution in [-0.2, 0) is 0 Å². The van der Waals surface area contributed by atoms with Crippen molar-refractivity contribution in [2.45, 2.75) is 18.1 Å². The first kappa shape index (κ1) is 10.3. The van der Waals surface area contributed by atoms with Crippen LogP contribution in [0.1, 0.15) is 27.7 Å². The highest BCUT2D eigenvalue weighted by Crippen LogP contribution is 2.34. The van der Waals surface area contributed by atoms with Crippen LogP contribution in [0.25, 0.3) is 0 Å². The minimum Gasteiger partial charge on any atom is -0.294 e. The van der Waals surface area contributed by atoms with Crippen LogP contribution in [0.2, 0.25) is 0 Å². The molecule has 0 saturated heterocycles. The van der Waals surface area contributed by atoms with Crippen molar-refractivity contribution in [3.63, 3.8) is 0 Å². The number of nitriles is 1. The second-order valence-corrected chi connectivity index (χ2v) is 4.69. The summed E-state index contributed by atoms with van der Waals surface area (Å²) >= 11 is 2.92. The number of nitrogens with zero attached hydrogens (tertiary/aromatic N) is 1. The largest absolute Gasteiger partial charge is 0.294 e. The second kappa shape index (κ2) is 3.95. The molecule has 0 aromatic carbocycles. The van der Waals surface area contributed by atoms with Gasteiger partial charge in [-0.05, 0) is 25.7 Å². The van der Waals surface area contributed by atoms with E-state index in [9.17, 15) is 4.79 Å². The zero-order chi connectivity index (χ0) is 10.0. The SMILES string of the molecule is CSc1sc(C#N)c(C)c1C(C)=O. The van der Waals surface area contributed by atoms with E-state index in [4.69, 9.17) is 5.26 Å². The van der Waals surface area contributed by atoms with Crippen LogP contribution in [-0.4, -0.2) is 12.0 Å². The lowest BCUT2D eigenvalue weighted by atomic mass is 10.1. The maximum Gasteiger partial charge on any atom is 0.162 e. The molecule has 0 bridgehead atoms. The highest BCUT2D eigenvalue weighted by atomic mass is 32.2. The van der Waals surface area contributed by atoms with Gasteiger partial charge in [0, 0.05) is 5.56 Å². The van der Waals surface area contributed by atoms with E-state index >= 15 is 0 Å². The van der Waals surface area contributed by atoms with Crippen molar-refractivity contribution in [3.8, 4) is 6.07 Å². The number of hydrogen-bond donors (Lipinski definition) is 0. The molecule has 0 atom stereocenters. The molecule has 0 aliphatic carbocycles. The zero-order valence-corrected chi connectivity index (χ0v) is 9.30. The van der Waals surface area contributed by atoms with Crippen molar-refractivity contribution in [1.82, 2.24) is 0 Å². The fraction of sp³-hybridized carbons (Fsp3) is 0.333. The van der Waals surface area contributed by atoms with Gasteiger partial charge in [0.15, 0.2) is 5.78 Å². The van der Waals surface area contributed by atoms with Gasteiger partial charge in [0.1, 0.15) is 10.9 Å². The van der Waals surface area contributed by atoms with Crippen molar-refractivity contribution in [3.05, 3.63) is 16.0 Å². The smallest absolute Gasteiger partial charge is 0.162 e. The Kier molecular flexibility index (Phi) is 3.12. The van der Waals surface area contributed by atoms with Crippen LogP contribution in [0.5, 0.6) is 0 Å². The standard InChI is InChI=1S/C9H9NOS2/c1-5-7(4-10)13-9(12-3)8(5)6(2)11/h1-3H3. The summed E-state index contributed by atoms with van der Waals surface area (Å²) in [6, 6.07) is 2.10. The highest BCUT2D eigenvalue weighted by Gasteiger charge is 2.17. The first-order chi connectivity index (χ1) is 6.11. The molecule has 0 saturated carbocycles. The van der Waals surface area contributed by atoms with Crippen LogP contribution < -0.4 is 0 Å². The van der Waals surface area contributed by atoms with Crippen molar-refractivity contribution in [1.29, 1.82) is 5.26 Å². The normalized spacial score (nSPS) is 9.69. The lowest BCUT2D eigenvalue weighted by Crippen LogP contribution is -1.94. The minimum atomic E-state index is 0.0413. The molecule has 13 heavy (non-hydrogen) atoms. The number of Topliss-reactive ketones (excluding diaryl/α,β-unsaturated/α-hetero) is 1. The predicted molar refractivity (Wildman–Crippen MR) is 55.6 cm³/mol. The maximum absolute atomic E-state index is 11.3. The summed E-state index contributed by atoms with van der Waals surface area (Å²) in [4.78, 5) is 11.9. The minimum absolute atomic E-state index is 0.0413. The molecule has 1 heterocycles. The van der Waals surface area contributed by atoms with Crippen LogP contribution in [0.4, 0.5) is 0 Å². The number of carbonyl (C=O) groups is 1. The van der Waals surface area contributed by atoms with Gasteiger partial charge in [-0.1, -0.05) is 0 Å². The summed E-state index contributed by atoms with van der Waals surface area (Å²) in [5.41, 5.74) is 1.54. The Morgan fingerprint density at radius 1 is 1.62 bits per heavy atom. The van der Waals surface area contributed by atoms with Gasteiger partial charge in [-0.25, -0.2) is 0 Å². The van der Waals surface area contributed by atoms with E-state index in [1.165, 1.54) is 30.0 Å². The Labute approximate surface area is 85.6 Å². The maximum atomic E-state index is 11.3. The quantitative estimate of drug-likeness (QED) is 0.558. The molecule has 0 amide bonds. The Balaban J connectivity index is 3.39. The molecular formula is C9H9NOS2. The summed E-state index contributed by atoms with van der Waals surface area (Å²) in [5.74, 6) is 0.0413. The molecule has 0 unspecified atom stereocenters. The first-order valence-corrected chi connectivity index (χ1v) is 5.74. The Bertz CT molecular complexity index is 387. The van der Waals surface area contributed by atoms with Gasteiger partial charge < -0.3 is 0 Å². The topological polar surface area (TPSA) is 40.9 Å². The van der Waals surface area contributed by atoms with Gasteiger partial charge in [-0.15, -0.1) is 23.1 Å². The summed E-state index contributed by atoms with van der Waals surface area (Å²) in [5, 5.41) is 8.77.